The van der Waals surface area contributed by atoms with Crippen LogP contribution < -0.4 is 0 Å². The van der Waals surface area contributed by atoms with Crippen LogP contribution in [0.5, 0.6) is 23.0 Å². The third kappa shape index (κ3) is 8.23. The number of azo groups is 3. The molecule has 282 valence electrons. The molecule has 0 fully saturated rings. The number of nitrogens with zero attached hydrogens (tertiary/aromatic N) is 9. The fraction of sp³-hybridized carbons (Fsp3) is 0. The monoisotopic (exact) mass is 799 g/mol. The van der Waals surface area contributed by atoms with Gasteiger partial charge in [0, 0.05) is 30.3 Å². The number of nitro benzene ring substituents is 3. The Morgan fingerprint density at radius 3 is 1.62 bits per heavy atom. The summed E-state index contributed by atoms with van der Waals surface area (Å²) in [5, 5.41) is 96.6. The molecule has 5 aromatic rings. The van der Waals surface area contributed by atoms with Gasteiger partial charge in [-0.15, -0.1) is 25.6 Å². The van der Waals surface area contributed by atoms with Crippen LogP contribution in [0.25, 0.3) is 10.8 Å². The Hall–Kier alpha value is -7.62. The van der Waals surface area contributed by atoms with Crippen LogP contribution in [0.15, 0.2) is 107 Å². The molecule has 27 heteroatoms. The molecule has 55 heavy (non-hydrogen) atoms. The molecule has 0 bridgehead atoms. The van der Waals surface area contributed by atoms with Crippen molar-refractivity contribution in [1.82, 2.24) is 0 Å². The van der Waals surface area contributed by atoms with Crippen molar-refractivity contribution in [2.75, 3.05) is 0 Å². The molecule has 0 unspecified atom stereocenters. The van der Waals surface area contributed by atoms with Gasteiger partial charge in [0.25, 0.3) is 31.6 Å². The van der Waals surface area contributed by atoms with Crippen LogP contribution in [0.2, 0.25) is 0 Å². The zero-order chi connectivity index (χ0) is 40.6. The van der Waals surface area contributed by atoms with Gasteiger partial charge in [-0.3, -0.25) is 39.4 Å². The minimum Gasteiger partial charge on any atom is -0.505 e. The van der Waals surface area contributed by atoms with E-state index < -0.39 is 118 Å². The highest BCUT2D eigenvalue weighted by atomic mass is 32.2. The predicted molar refractivity (Wildman–Crippen MR) is 182 cm³/mol. The van der Waals surface area contributed by atoms with Gasteiger partial charge in [0.1, 0.15) is 39.1 Å². The summed E-state index contributed by atoms with van der Waals surface area (Å²) in [7, 11) is -10.4. The second kappa shape index (κ2) is 14.4. The summed E-state index contributed by atoms with van der Waals surface area (Å²) in [6, 6.07) is 8.72. The summed E-state index contributed by atoms with van der Waals surface area (Å²) in [6.07, 6.45) is 0. The molecule has 0 amide bonds. The smallest absolute Gasteiger partial charge is 0.319 e. The maximum Gasteiger partial charge on any atom is 0.319 e. The number of hydrogen-bond donors (Lipinski definition) is 6. The average molecular weight is 800 g/mol. The fourth-order valence-corrected chi connectivity index (χ4v) is 5.74. The van der Waals surface area contributed by atoms with Crippen molar-refractivity contribution < 1.29 is 61.1 Å². The maximum atomic E-state index is 12.3. The van der Waals surface area contributed by atoms with Gasteiger partial charge in [-0.2, -0.15) is 21.9 Å². The number of phenols is 4. The Bertz CT molecular complexity index is 2790. The molecular formula is C28H17N9O16S2. The molecule has 0 saturated carbocycles. The SMILES string of the molecule is O=[N+]([O-])c1ccc(N=Nc2c(S(=O)(=O)O)cc3cc(S(=O)(=O)O)cc(N=Nc4cc(N=Nc5cc([N+](=O)[O-])cc([N+](=O)[O-])c5O)c(O)cc4O)c3c2O)cc1. The highest BCUT2D eigenvalue weighted by Crippen LogP contribution is 2.47. The molecule has 0 radical (unpaired) electrons. The Labute approximate surface area is 303 Å². The maximum absolute atomic E-state index is 12.3. The number of phenolic OH excluding ortho intramolecular Hbond substituents is 4. The topological polar surface area (TPSA) is 393 Å². The van der Waals surface area contributed by atoms with Gasteiger partial charge in [-0.1, -0.05) is 0 Å². The van der Waals surface area contributed by atoms with Crippen LogP contribution in [-0.4, -0.2) is 61.1 Å². The van der Waals surface area contributed by atoms with Crippen molar-refractivity contribution >= 4 is 82.2 Å². The number of rotatable bonds is 11. The molecule has 0 spiro atoms. The van der Waals surface area contributed by atoms with Crippen LogP contribution >= 0.6 is 0 Å². The van der Waals surface area contributed by atoms with Crippen LogP contribution in [-0.2, 0) is 20.2 Å². The first-order valence-electron chi connectivity index (χ1n) is 14.2. The Morgan fingerprint density at radius 2 is 1.09 bits per heavy atom. The molecule has 0 aromatic heterocycles. The predicted octanol–water partition coefficient (Wildman–Crippen LogP) is 7.13. The first kappa shape index (κ1) is 38.6. The van der Waals surface area contributed by atoms with E-state index in [0.717, 1.165) is 30.3 Å². The quantitative estimate of drug-likeness (QED) is 0.0335. The Kier molecular flexibility index (Phi) is 10.1. The van der Waals surface area contributed by atoms with E-state index in [1.807, 2.05) is 0 Å². The second-order valence-corrected chi connectivity index (χ2v) is 13.4. The largest absolute Gasteiger partial charge is 0.505 e. The molecule has 5 rings (SSSR count). The van der Waals surface area contributed by atoms with E-state index in [4.69, 9.17) is 0 Å². The molecule has 0 saturated heterocycles. The van der Waals surface area contributed by atoms with Gasteiger partial charge in [-0.25, -0.2) is 0 Å². The number of nitro groups is 3. The summed E-state index contributed by atoms with van der Waals surface area (Å²) in [5.74, 6) is -3.90. The van der Waals surface area contributed by atoms with Crippen molar-refractivity contribution in [3.8, 4) is 23.0 Å². The van der Waals surface area contributed by atoms with E-state index in [0.29, 0.717) is 36.4 Å². The van der Waals surface area contributed by atoms with E-state index >= 15 is 0 Å². The van der Waals surface area contributed by atoms with Crippen molar-refractivity contribution in [2.24, 2.45) is 30.7 Å². The molecule has 5 aromatic carbocycles. The number of fused-ring (bicyclic) bond motifs is 1. The highest BCUT2D eigenvalue weighted by Gasteiger charge is 2.27. The molecule has 0 heterocycles. The van der Waals surface area contributed by atoms with Crippen molar-refractivity contribution in [2.45, 2.75) is 9.79 Å². The minimum atomic E-state index is -5.27. The lowest BCUT2D eigenvalue weighted by Gasteiger charge is -2.12. The van der Waals surface area contributed by atoms with Gasteiger partial charge >= 0.3 is 5.69 Å². The van der Waals surface area contributed by atoms with Gasteiger partial charge in [0.05, 0.1) is 42.5 Å². The van der Waals surface area contributed by atoms with Crippen LogP contribution in [0.3, 0.4) is 0 Å². The second-order valence-electron chi connectivity index (χ2n) is 10.6. The molecule has 0 aliphatic carbocycles. The first-order chi connectivity index (χ1) is 25.6. The third-order valence-electron chi connectivity index (χ3n) is 7.07. The molecule has 0 atom stereocenters. The Morgan fingerprint density at radius 1 is 0.527 bits per heavy atom. The van der Waals surface area contributed by atoms with E-state index in [9.17, 15) is 76.7 Å². The molecule has 6 N–H and O–H groups in total. The number of aromatic hydroxyl groups is 4. The zero-order valence-corrected chi connectivity index (χ0v) is 28.1. The van der Waals surface area contributed by atoms with Crippen molar-refractivity contribution in [3.63, 3.8) is 0 Å². The number of hydrogen-bond acceptors (Lipinski definition) is 20. The fourth-order valence-electron chi connectivity index (χ4n) is 4.55. The molecule has 0 aliphatic heterocycles. The average Bonchev–Trinajstić information content (AvgIpc) is 3.09. The zero-order valence-electron chi connectivity index (χ0n) is 26.5. The Balaban J connectivity index is 1.67. The lowest BCUT2D eigenvalue weighted by atomic mass is 10.1. The minimum absolute atomic E-state index is 0.0947. The van der Waals surface area contributed by atoms with Gasteiger partial charge < -0.3 is 20.4 Å². The number of non-ortho nitro benzene ring substituents is 2. The van der Waals surface area contributed by atoms with Crippen LogP contribution in [0, 0.1) is 30.3 Å². The van der Waals surface area contributed by atoms with E-state index in [1.54, 1.807) is 0 Å². The van der Waals surface area contributed by atoms with Crippen molar-refractivity contribution in [3.05, 3.63) is 97.1 Å². The van der Waals surface area contributed by atoms with Crippen molar-refractivity contribution in [1.29, 1.82) is 0 Å². The molecule has 0 aliphatic rings. The normalized spacial score (nSPS) is 12.3. The lowest BCUT2D eigenvalue weighted by molar-refractivity contribution is -0.394. The van der Waals surface area contributed by atoms with E-state index in [-0.39, 0.29) is 11.4 Å². The highest BCUT2D eigenvalue weighted by molar-refractivity contribution is 7.86. The molecule has 25 nitrogen and oxygen atoms in total. The first-order valence-corrected chi connectivity index (χ1v) is 17.0. The molecular weight excluding hydrogens is 782 g/mol. The summed E-state index contributed by atoms with van der Waals surface area (Å²) >= 11 is 0. The summed E-state index contributed by atoms with van der Waals surface area (Å²) < 4.78 is 68.6. The number of benzene rings is 5. The lowest BCUT2D eigenvalue weighted by Crippen LogP contribution is -2.01. The summed E-state index contributed by atoms with van der Waals surface area (Å²) in [4.78, 5) is 28.5. The third-order valence-corrected chi connectivity index (χ3v) is 8.77. The summed E-state index contributed by atoms with van der Waals surface area (Å²) in [6.45, 7) is 0. The van der Waals surface area contributed by atoms with Crippen LogP contribution in [0.4, 0.5) is 51.2 Å². The van der Waals surface area contributed by atoms with Gasteiger partial charge in [0.2, 0.25) is 5.75 Å². The van der Waals surface area contributed by atoms with E-state index in [1.165, 1.54) is 0 Å². The van der Waals surface area contributed by atoms with Crippen LogP contribution in [0.1, 0.15) is 0 Å². The standard InChI is InChI=1S/C28H17N9O16S2/c38-22-11-23(39)18(31-33-20-7-15(36(44)45)8-21(27(20)40)37(46)47)10-17(22)30-32-19-9-16(54(48,49)50)5-12-6-24(55(51,52)53)26(28(41)25(12)19)34-29-13-1-3-14(4-2-13)35(42)43/h1-11,38-41H,(H,48,49,50)(H,51,52,53). The van der Waals surface area contributed by atoms with Gasteiger partial charge in [0.15, 0.2) is 5.75 Å². The van der Waals surface area contributed by atoms with Gasteiger partial charge in [-0.05, 0) is 35.7 Å². The van der Waals surface area contributed by atoms with E-state index in [2.05, 4.69) is 30.7 Å². The summed E-state index contributed by atoms with van der Waals surface area (Å²) in [5.41, 5.74) is -5.97.